The van der Waals surface area contributed by atoms with Crippen molar-refractivity contribution in [3.63, 3.8) is 0 Å². The van der Waals surface area contributed by atoms with Gasteiger partial charge in [0.15, 0.2) is 0 Å². The molecule has 1 aliphatic carbocycles. The number of aliphatic hydroxyl groups is 2. The molecule has 0 bridgehead atoms. The van der Waals surface area contributed by atoms with E-state index in [4.69, 9.17) is 4.74 Å². The van der Waals surface area contributed by atoms with Gasteiger partial charge >= 0.3 is 6.09 Å². The van der Waals surface area contributed by atoms with Crippen molar-refractivity contribution in [1.82, 2.24) is 14.7 Å². The molecule has 1 spiro atoms. The number of benzene rings is 1. The Bertz CT molecular complexity index is 785. The van der Waals surface area contributed by atoms with Crippen molar-refractivity contribution in [3.05, 3.63) is 35.9 Å². The molecule has 3 fully saturated rings. The molecule has 2 heterocycles. The summed E-state index contributed by atoms with van der Waals surface area (Å²) in [4.78, 5) is 30.4. The standard InChI is InChI=1S/C23H33N3O5/c1-17-21(29)25(11-12-26(17)22(30)31-16-18-5-3-2-4-6-18)14-19(27)13-24-10-9-23(7-8-23)20(28)15-24/h2-6,17,19-20,27-28H,7-16H2,1H3/t17-,19-,20+/m0/s1. The molecule has 2 amide bonds. The second kappa shape index (κ2) is 9.14. The fourth-order valence-corrected chi connectivity index (χ4v) is 4.76. The number of nitrogens with zero attached hydrogens (tertiary/aromatic N) is 3. The van der Waals surface area contributed by atoms with E-state index in [0.29, 0.717) is 26.2 Å². The van der Waals surface area contributed by atoms with Crippen molar-refractivity contribution in [1.29, 1.82) is 0 Å². The Balaban J connectivity index is 1.23. The van der Waals surface area contributed by atoms with Gasteiger partial charge in [0.05, 0.1) is 12.2 Å². The molecule has 31 heavy (non-hydrogen) atoms. The smallest absolute Gasteiger partial charge is 0.410 e. The molecule has 0 aromatic heterocycles. The molecule has 3 atom stereocenters. The van der Waals surface area contributed by atoms with Crippen molar-refractivity contribution >= 4 is 12.0 Å². The van der Waals surface area contributed by atoms with E-state index in [1.807, 2.05) is 30.3 Å². The quantitative estimate of drug-likeness (QED) is 0.700. The van der Waals surface area contributed by atoms with Gasteiger partial charge in [-0.15, -0.1) is 0 Å². The van der Waals surface area contributed by atoms with Gasteiger partial charge in [0, 0.05) is 32.7 Å². The van der Waals surface area contributed by atoms with Gasteiger partial charge in [0.2, 0.25) is 5.91 Å². The molecule has 1 saturated carbocycles. The molecule has 8 heteroatoms. The van der Waals surface area contributed by atoms with Crippen LogP contribution in [0.4, 0.5) is 4.79 Å². The first-order valence-corrected chi connectivity index (χ1v) is 11.2. The number of hydrogen-bond donors (Lipinski definition) is 2. The fourth-order valence-electron chi connectivity index (χ4n) is 4.76. The second-order valence-electron chi connectivity index (χ2n) is 9.24. The average Bonchev–Trinajstić information content (AvgIpc) is 3.54. The minimum Gasteiger partial charge on any atom is -0.445 e. The van der Waals surface area contributed by atoms with Gasteiger partial charge in [0.25, 0.3) is 0 Å². The van der Waals surface area contributed by atoms with Gasteiger partial charge in [-0.3, -0.25) is 14.6 Å². The third-order valence-corrected chi connectivity index (χ3v) is 7.04. The summed E-state index contributed by atoms with van der Waals surface area (Å²) in [6, 6.07) is 8.80. The van der Waals surface area contributed by atoms with Gasteiger partial charge in [-0.1, -0.05) is 30.3 Å². The van der Waals surface area contributed by atoms with Gasteiger partial charge in [-0.25, -0.2) is 4.79 Å². The Morgan fingerprint density at radius 3 is 2.58 bits per heavy atom. The highest BCUT2D eigenvalue weighted by molar-refractivity contribution is 5.86. The summed E-state index contributed by atoms with van der Waals surface area (Å²) >= 11 is 0. The predicted octanol–water partition coefficient (Wildman–Crippen LogP) is 1.06. The molecular weight excluding hydrogens is 398 g/mol. The Morgan fingerprint density at radius 1 is 1.16 bits per heavy atom. The fraction of sp³-hybridized carbons (Fsp3) is 0.652. The Labute approximate surface area is 183 Å². The molecule has 2 aliphatic heterocycles. The van der Waals surface area contributed by atoms with Crippen LogP contribution in [0.5, 0.6) is 0 Å². The van der Waals surface area contributed by atoms with Gasteiger partial charge in [0.1, 0.15) is 12.6 Å². The molecule has 4 rings (SSSR count). The first-order chi connectivity index (χ1) is 14.9. The molecule has 1 aromatic carbocycles. The minimum absolute atomic E-state index is 0.137. The zero-order valence-electron chi connectivity index (χ0n) is 18.2. The number of likely N-dealkylation sites (tertiary alicyclic amines) is 1. The third kappa shape index (κ3) is 5.02. The van der Waals surface area contributed by atoms with Gasteiger partial charge in [-0.05, 0) is 43.7 Å². The Hall–Kier alpha value is -2.16. The van der Waals surface area contributed by atoms with Crippen LogP contribution in [-0.4, -0.2) is 94.4 Å². The van der Waals surface area contributed by atoms with Crippen molar-refractivity contribution < 1.29 is 24.5 Å². The molecule has 0 unspecified atom stereocenters. The summed E-state index contributed by atoms with van der Waals surface area (Å²) in [6.07, 6.45) is 1.68. The first kappa shape index (κ1) is 22.0. The van der Waals surface area contributed by atoms with Crippen LogP contribution >= 0.6 is 0 Å². The molecule has 3 aliphatic rings. The van der Waals surface area contributed by atoms with Gasteiger partial charge < -0.3 is 19.8 Å². The van der Waals surface area contributed by atoms with Crippen molar-refractivity contribution in [2.45, 2.75) is 51.0 Å². The van der Waals surface area contributed by atoms with E-state index >= 15 is 0 Å². The SMILES string of the molecule is C[C@H]1C(=O)N(C[C@@H](O)CN2CCC3(CC3)[C@H](O)C2)CCN1C(=O)OCc1ccccc1. The summed E-state index contributed by atoms with van der Waals surface area (Å²) in [5.41, 5.74) is 1.03. The van der Waals surface area contributed by atoms with E-state index in [1.54, 1.807) is 11.8 Å². The summed E-state index contributed by atoms with van der Waals surface area (Å²) in [7, 11) is 0. The second-order valence-corrected chi connectivity index (χ2v) is 9.24. The minimum atomic E-state index is -0.687. The maximum absolute atomic E-state index is 12.8. The van der Waals surface area contributed by atoms with Crippen LogP contribution < -0.4 is 0 Å². The van der Waals surface area contributed by atoms with E-state index in [-0.39, 0.29) is 30.6 Å². The average molecular weight is 432 g/mol. The number of ether oxygens (including phenoxy) is 1. The topological polar surface area (TPSA) is 93.5 Å². The van der Waals surface area contributed by atoms with E-state index in [2.05, 4.69) is 4.90 Å². The Kier molecular flexibility index (Phi) is 6.50. The lowest BCUT2D eigenvalue weighted by Gasteiger charge is -2.40. The number of β-amino-alcohol motifs (C(OH)–C–C–N with tert-alkyl or cyclic N) is 2. The zero-order valence-corrected chi connectivity index (χ0v) is 18.2. The van der Waals surface area contributed by atoms with E-state index in [0.717, 1.165) is 31.4 Å². The largest absolute Gasteiger partial charge is 0.445 e. The third-order valence-electron chi connectivity index (χ3n) is 7.04. The maximum atomic E-state index is 12.8. The zero-order chi connectivity index (χ0) is 22.0. The summed E-state index contributed by atoms with van der Waals surface area (Å²) in [6.45, 7) is 4.73. The van der Waals surface area contributed by atoms with Crippen molar-refractivity contribution in [2.75, 3.05) is 39.3 Å². The molecule has 8 nitrogen and oxygen atoms in total. The first-order valence-electron chi connectivity index (χ1n) is 11.2. The molecule has 1 aromatic rings. The number of carbonyl (C=O) groups is 2. The van der Waals surface area contributed by atoms with Crippen LogP contribution in [0.1, 0.15) is 31.7 Å². The lowest BCUT2D eigenvalue weighted by atomic mass is 9.90. The summed E-state index contributed by atoms with van der Waals surface area (Å²) < 4.78 is 5.37. The van der Waals surface area contributed by atoms with Gasteiger partial charge in [-0.2, -0.15) is 0 Å². The van der Waals surface area contributed by atoms with Crippen LogP contribution in [0.2, 0.25) is 0 Å². The molecular formula is C23H33N3O5. The summed E-state index contributed by atoms with van der Waals surface area (Å²) in [5.74, 6) is -0.183. The molecule has 0 radical (unpaired) electrons. The number of aliphatic hydroxyl groups excluding tert-OH is 2. The number of carbonyl (C=O) groups excluding carboxylic acids is 2. The predicted molar refractivity (Wildman–Crippen MR) is 114 cm³/mol. The van der Waals surface area contributed by atoms with E-state index < -0.39 is 18.2 Å². The van der Waals surface area contributed by atoms with Crippen molar-refractivity contribution in [2.24, 2.45) is 5.41 Å². The van der Waals surface area contributed by atoms with Crippen LogP contribution in [0.3, 0.4) is 0 Å². The Morgan fingerprint density at radius 2 is 1.90 bits per heavy atom. The van der Waals surface area contributed by atoms with Crippen molar-refractivity contribution in [3.8, 4) is 0 Å². The number of piperidine rings is 1. The lowest BCUT2D eigenvalue weighted by Crippen LogP contribution is -2.59. The highest BCUT2D eigenvalue weighted by Crippen LogP contribution is 2.53. The van der Waals surface area contributed by atoms with E-state index in [1.165, 1.54) is 4.90 Å². The molecule has 2 N–H and O–H groups in total. The monoisotopic (exact) mass is 431 g/mol. The summed E-state index contributed by atoms with van der Waals surface area (Å²) in [5, 5.41) is 20.9. The molecule has 170 valence electrons. The number of piperazine rings is 1. The molecule has 2 saturated heterocycles. The van der Waals surface area contributed by atoms with Crippen LogP contribution in [0.15, 0.2) is 30.3 Å². The highest BCUT2D eigenvalue weighted by Gasteiger charge is 2.51. The lowest BCUT2D eigenvalue weighted by molar-refractivity contribution is -0.142. The van der Waals surface area contributed by atoms with Crippen LogP contribution in [0.25, 0.3) is 0 Å². The normalized spacial score (nSPS) is 26.7. The number of hydrogen-bond acceptors (Lipinski definition) is 6. The van der Waals surface area contributed by atoms with Crippen LogP contribution in [0, 0.1) is 5.41 Å². The maximum Gasteiger partial charge on any atom is 0.410 e. The number of rotatable bonds is 6. The van der Waals surface area contributed by atoms with E-state index in [9.17, 15) is 19.8 Å². The number of amides is 2. The highest BCUT2D eigenvalue weighted by atomic mass is 16.6. The van der Waals surface area contributed by atoms with Crippen LogP contribution in [-0.2, 0) is 16.1 Å².